The molecule has 0 aliphatic heterocycles. The molecule has 13 heavy (non-hydrogen) atoms. The molecular formula is C9H8Br2N2. The van der Waals surface area contributed by atoms with Gasteiger partial charge in [0.25, 0.3) is 0 Å². The molecule has 1 aromatic carbocycles. The smallest absolute Gasteiger partial charge is 0.127 e. The molecule has 2 nitrogen and oxygen atoms in total. The van der Waals surface area contributed by atoms with E-state index in [2.05, 4.69) is 31.9 Å². The molecule has 0 saturated heterocycles. The Morgan fingerprint density at radius 1 is 1.31 bits per heavy atom. The van der Waals surface area contributed by atoms with Gasteiger partial charge >= 0.3 is 0 Å². The number of rotatable bonds is 1. The van der Waals surface area contributed by atoms with Gasteiger partial charge in [-0.1, -0.05) is 31.9 Å². The molecule has 0 amide bonds. The number of nitriles is 1. The zero-order chi connectivity index (χ0) is 10.1. The van der Waals surface area contributed by atoms with Gasteiger partial charge in [0.2, 0.25) is 0 Å². The predicted molar refractivity (Wildman–Crippen MR) is 59.0 cm³/mol. The summed E-state index contributed by atoms with van der Waals surface area (Å²) in [6.45, 7) is 1.68. The van der Waals surface area contributed by atoms with E-state index in [1.807, 2.05) is 24.3 Å². The third-order valence-corrected chi connectivity index (χ3v) is 2.61. The van der Waals surface area contributed by atoms with E-state index in [4.69, 9.17) is 11.0 Å². The molecular weight excluding hydrogens is 296 g/mol. The summed E-state index contributed by atoms with van der Waals surface area (Å²) in [5.74, 6) is 0. The van der Waals surface area contributed by atoms with Gasteiger partial charge in [-0.3, -0.25) is 0 Å². The summed E-state index contributed by atoms with van der Waals surface area (Å²) in [4.78, 5) is 0. The van der Waals surface area contributed by atoms with E-state index >= 15 is 0 Å². The van der Waals surface area contributed by atoms with Gasteiger partial charge in [-0.05, 0) is 30.7 Å². The lowest BCUT2D eigenvalue weighted by atomic mass is 9.95. The van der Waals surface area contributed by atoms with E-state index in [-0.39, 0.29) is 0 Å². The summed E-state index contributed by atoms with van der Waals surface area (Å²) >= 11 is 6.68. The van der Waals surface area contributed by atoms with Crippen LogP contribution in [0.4, 0.5) is 0 Å². The van der Waals surface area contributed by atoms with Crippen molar-refractivity contribution in [1.82, 2.24) is 0 Å². The Bertz CT molecular complexity index is 346. The highest BCUT2D eigenvalue weighted by molar-refractivity contribution is 9.11. The van der Waals surface area contributed by atoms with Crippen LogP contribution in [0.15, 0.2) is 27.1 Å². The van der Waals surface area contributed by atoms with Crippen molar-refractivity contribution in [2.75, 3.05) is 0 Å². The first-order valence-electron chi connectivity index (χ1n) is 3.62. The van der Waals surface area contributed by atoms with Crippen molar-refractivity contribution in [3.05, 3.63) is 32.7 Å². The van der Waals surface area contributed by atoms with E-state index < -0.39 is 5.54 Å². The molecule has 0 radical (unpaired) electrons. The summed E-state index contributed by atoms with van der Waals surface area (Å²) in [5, 5.41) is 8.82. The highest BCUT2D eigenvalue weighted by atomic mass is 79.9. The fourth-order valence-corrected chi connectivity index (χ4v) is 2.21. The zero-order valence-electron chi connectivity index (χ0n) is 7.01. The molecule has 0 spiro atoms. The van der Waals surface area contributed by atoms with Crippen LogP contribution in [0.25, 0.3) is 0 Å². The van der Waals surface area contributed by atoms with Crippen molar-refractivity contribution in [2.24, 2.45) is 5.73 Å². The van der Waals surface area contributed by atoms with Crippen molar-refractivity contribution in [1.29, 1.82) is 5.26 Å². The van der Waals surface area contributed by atoms with Gasteiger partial charge in [-0.15, -0.1) is 0 Å². The van der Waals surface area contributed by atoms with Crippen LogP contribution in [0.5, 0.6) is 0 Å². The first kappa shape index (κ1) is 10.7. The van der Waals surface area contributed by atoms with Crippen LogP contribution < -0.4 is 5.73 Å². The van der Waals surface area contributed by atoms with E-state index in [0.29, 0.717) is 0 Å². The molecule has 68 valence electrons. The molecule has 0 bridgehead atoms. The van der Waals surface area contributed by atoms with Gasteiger partial charge in [0, 0.05) is 8.95 Å². The topological polar surface area (TPSA) is 49.8 Å². The first-order valence-corrected chi connectivity index (χ1v) is 5.21. The lowest BCUT2D eigenvalue weighted by Crippen LogP contribution is -2.30. The summed E-state index contributed by atoms with van der Waals surface area (Å²) in [7, 11) is 0. The first-order chi connectivity index (χ1) is 5.95. The quantitative estimate of drug-likeness (QED) is 0.867. The van der Waals surface area contributed by atoms with Crippen molar-refractivity contribution < 1.29 is 0 Å². The van der Waals surface area contributed by atoms with Crippen molar-refractivity contribution in [2.45, 2.75) is 12.5 Å². The van der Waals surface area contributed by atoms with E-state index in [0.717, 1.165) is 14.5 Å². The molecule has 1 rings (SSSR count). The Labute approximate surface area is 94.0 Å². The van der Waals surface area contributed by atoms with Crippen LogP contribution in [0, 0.1) is 11.3 Å². The Kier molecular flexibility index (Phi) is 3.12. The lowest BCUT2D eigenvalue weighted by molar-refractivity contribution is 0.645. The summed E-state index contributed by atoms with van der Waals surface area (Å²) < 4.78 is 1.81. The van der Waals surface area contributed by atoms with Crippen molar-refractivity contribution in [3.8, 4) is 6.07 Å². The SMILES string of the molecule is CC(N)(C#N)c1cc(Br)cc(Br)c1. The average molecular weight is 304 g/mol. The van der Waals surface area contributed by atoms with E-state index in [9.17, 15) is 0 Å². The molecule has 0 aliphatic rings. The number of nitrogens with two attached hydrogens (primary N) is 1. The second-order valence-corrected chi connectivity index (χ2v) is 4.80. The predicted octanol–water partition coefficient (Wildman–Crippen LogP) is 2.91. The minimum atomic E-state index is -0.938. The third kappa shape index (κ3) is 2.53. The summed E-state index contributed by atoms with van der Waals surface area (Å²) in [6.07, 6.45) is 0. The zero-order valence-corrected chi connectivity index (χ0v) is 10.2. The molecule has 0 heterocycles. The Morgan fingerprint density at radius 3 is 2.15 bits per heavy atom. The molecule has 0 saturated carbocycles. The summed E-state index contributed by atoms with van der Waals surface area (Å²) in [5.41, 5.74) is 5.62. The number of halogens is 2. The highest BCUT2D eigenvalue weighted by Crippen LogP contribution is 2.25. The molecule has 0 fully saturated rings. The maximum Gasteiger partial charge on any atom is 0.127 e. The standard InChI is InChI=1S/C9H8Br2N2/c1-9(13,5-12)6-2-7(10)4-8(11)3-6/h2-4H,13H2,1H3. The monoisotopic (exact) mass is 302 g/mol. The third-order valence-electron chi connectivity index (χ3n) is 1.69. The second-order valence-electron chi connectivity index (χ2n) is 2.97. The van der Waals surface area contributed by atoms with Crippen molar-refractivity contribution >= 4 is 31.9 Å². The highest BCUT2D eigenvalue weighted by Gasteiger charge is 2.20. The largest absolute Gasteiger partial charge is 0.310 e. The Hall–Kier alpha value is -0.370. The number of hydrogen-bond acceptors (Lipinski definition) is 2. The Morgan fingerprint density at radius 2 is 1.77 bits per heavy atom. The number of nitrogens with zero attached hydrogens (tertiary/aromatic N) is 1. The normalized spacial score (nSPS) is 14.7. The van der Waals surface area contributed by atoms with E-state index in [1.165, 1.54) is 0 Å². The molecule has 4 heteroatoms. The van der Waals surface area contributed by atoms with Gasteiger partial charge in [-0.25, -0.2) is 0 Å². The number of benzene rings is 1. The van der Waals surface area contributed by atoms with Crippen LogP contribution >= 0.6 is 31.9 Å². The minimum Gasteiger partial charge on any atom is -0.310 e. The van der Waals surface area contributed by atoms with Crippen molar-refractivity contribution in [3.63, 3.8) is 0 Å². The van der Waals surface area contributed by atoms with Crippen LogP contribution in [0.1, 0.15) is 12.5 Å². The van der Waals surface area contributed by atoms with Crippen LogP contribution in [0.3, 0.4) is 0 Å². The fraction of sp³-hybridized carbons (Fsp3) is 0.222. The van der Waals surface area contributed by atoms with Gasteiger partial charge < -0.3 is 5.73 Å². The van der Waals surface area contributed by atoms with Gasteiger partial charge in [-0.2, -0.15) is 5.26 Å². The average Bonchev–Trinajstić information content (AvgIpc) is 2.02. The fourth-order valence-electron chi connectivity index (χ4n) is 0.918. The molecule has 0 aromatic heterocycles. The van der Waals surface area contributed by atoms with E-state index in [1.54, 1.807) is 6.92 Å². The summed E-state index contributed by atoms with van der Waals surface area (Å²) in [6, 6.07) is 7.63. The minimum absolute atomic E-state index is 0.788. The van der Waals surface area contributed by atoms with Gasteiger partial charge in [0.1, 0.15) is 5.54 Å². The second kappa shape index (κ2) is 3.79. The van der Waals surface area contributed by atoms with Crippen LogP contribution in [0.2, 0.25) is 0 Å². The number of hydrogen-bond donors (Lipinski definition) is 1. The maximum atomic E-state index is 8.82. The van der Waals surface area contributed by atoms with Crippen LogP contribution in [-0.2, 0) is 5.54 Å². The van der Waals surface area contributed by atoms with Gasteiger partial charge in [0.05, 0.1) is 6.07 Å². The molecule has 2 N–H and O–H groups in total. The molecule has 1 atom stereocenters. The molecule has 1 unspecified atom stereocenters. The van der Waals surface area contributed by atoms with Gasteiger partial charge in [0.15, 0.2) is 0 Å². The molecule has 0 aliphatic carbocycles. The molecule has 1 aromatic rings. The maximum absolute atomic E-state index is 8.82. The lowest BCUT2D eigenvalue weighted by Gasteiger charge is -2.16. The Balaban J connectivity index is 3.25. The van der Waals surface area contributed by atoms with Crippen LogP contribution in [-0.4, -0.2) is 0 Å².